The van der Waals surface area contributed by atoms with Crippen LogP contribution in [0.25, 0.3) is 0 Å². The fourth-order valence-electron chi connectivity index (χ4n) is 1.17. The van der Waals surface area contributed by atoms with Gasteiger partial charge >= 0.3 is 0 Å². The second-order valence-electron chi connectivity index (χ2n) is 3.33. The molecule has 17 heavy (non-hydrogen) atoms. The van der Waals surface area contributed by atoms with Crippen LogP contribution in [-0.2, 0) is 10.8 Å². The van der Waals surface area contributed by atoms with Crippen LogP contribution in [0.4, 0.5) is 11.6 Å². The monoisotopic (exact) mass is 275 g/mol. The minimum absolute atomic E-state index is 0.575. The van der Waals surface area contributed by atoms with Crippen LogP contribution in [0.3, 0.4) is 0 Å². The highest BCUT2D eigenvalue weighted by Crippen LogP contribution is 2.16. The Morgan fingerprint density at radius 1 is 1.47 bits per heavy atom. The Morgan fingerprint density at radius 3 is 2.76 bits per heavy atom. The van der Waals surface area contributed by atoms with Crippen molar-refractivity contribution in [2.24, 2.45) is 5.84 Å². The molecule has 1 aromatic heterocycles. The van der Waals surface area contributed by atoms with Crippen molar-refractivity contribution in [1.29, 1.82) is 0 Å². The van der Waals surface area contributed by atoms with Crippen LogP contribution in [-0.4, -0.2) is 39.0 Å². The van der Waals surface area contributed by atoms with E-state index in [4.69, 9.17) is 5.84 Å². The molecule has 0 radical (unpaired) electrons. The minimum Gasteiger partial charge on any atom is -0.370 e. The highest BCUT2D eigenvalue weighted by atomic mass is 32.2. The van der Waals surface area contributed by atoms with Crippen molar-refractivity contribution in [2.75, 3.05) is 35.6 Å². The van der Waals surface area contributed by atoms with E-state index in [1.54, 1.807) is 12.3 Å². The summed E-state index contributed by atoms with van der Waals surface area (Å²) in [6.07, 6.45) is 4.44. The lowest BCUT2D eigenvalue weighted by Gasteiger charge is -2.08. The number of nitrogens with one attached hydrogen (secondary N) is 2. The van der Waals surface area contributed by atoms with Crippen molar-refractivity contribution < 1.29 is 4.21 Å². The molecule has 0 aliphatic heterocycles. The van der Waals surface area contributed by atoms with Gasteiger partial charge in [0.1, 0.15) is 11.6 Å². The van der Waals surface area contributed by atoms with E-state index in [1.807, 2.05) is 6.26 Å². The second-order valence-corrected chi connectivity index (χ2v) is 5.66. The molecular formula is C9H17N5OS2. The average Bonchev–Trinajstić information content (AvgIpc) is 2.34. The maximum absolute atomic E-state index is 10.9. The third kappa shape index (κ3) is 5.33. The summed E-state index contributed by atoms with van der Waals surface area (Å²) in [5, 5.41) is 3.81. The topological polar surface area (TPSA) is 92.9 Å². The van der Waals surface area contributed by atoms with Crippen molar-refractivity contribution in [1.82, 2.24) is 9.97 Å². The third-order valence-electron chi connectivity index (χ3n) is 1.95. The first-order valence-corrected chi connectivity index (χ1v) is 8.04. The zero-order valence-corrected chi connectivity index (χ0v) is 11.5. The minimum atomic E-state index is -0.745. The first-order valence-electron chi connectivity index (χ1n) is 5.09. The summed E-state index contributed by atoms with van der Waals surface area (Å²) in [5.41, 5.74) is 2.50. The lowest BCUT2D eigenvalue weighted by molar-refractivity contribution is 0.685. The van der Waals surface area contributed by atoms with E-state index < -0.39 is 10.8 Å². The van der Waals surface area contributed by atoms with Gasteiger partial charge in [0.25, 0.3) is 0 Å². The van der Waals surface area contributed by atoms with Crippen molar-refractivity contribution in [2.45, 2.75) is 11.6 Å². The van der Waals surface area contributed by atoms with E-state index in [0.29, 0.717) is 16.7 Å². The predicted octanol–water partition coefficient (Wildman–Crippen LogP) is 0.665. The Bertz CT molecular complexity index is 365. The largest absolute Gasteiger partial charge is 0.370 e. The van der Waals surface area contributed by atoms with E-state index in [-0.39, 0.29) is 0 Å². The van der Waals surface area contributed by atoms with Gasteiger partial charge < -0.3 is 10.7 Å². The van der Waals surface area contributed by atoms with Gasteiger partial charge in [-0.05, 0) is 12.7 Å². The predicted molar refractivity (Wildman–Crippen MR) is 73.7 cm³/mol. The summed E-state index contributed by atoms with van der Waals surface area (Å²) in [5.74, 6) is 7.31. The molecule has 1 atom stereocenters. The van der Waals surface area contributed by atoms with E-state index in [0.717, 1.165) is 18.8 Å². The van der Waals surface area contributed by atoms with Crippen LogP contribution >= 0.6 is 11.8 Å². The second kappa shape index (κ2) is 7.46. The Labute approximate surface area is 108 Å². The molecule has 0 aromatic carbocycles. The Hall–Kier alpha value is -0.860. The maximum atomic E-state index is 10.9. The van der Waals surface area contributed by atoms with Gasteiger partial charge in [-0.3, -0.25) is 4.21 Å². The van der Waals surface area contributed by atoms with Gasteiger partial charge in [-0.25, -0.2) is 15.8 Å². The normalized spacial score (nSPS) is 12.2. The molecule has 0 aliphatic rings. The van der Waals surface area contributed by atoms with Gasteiger partial charge in [-0.2, -0.15) is 0 Å². The van der Waals surface area contributed by atoms with Crippen LogP contribution in [0.5, 0.6) is 0 Å². The fraction of sp³-hybridized carbons (Fsp3) is 0.556. The van der Waals surface area contributed by atoms with Gasteiger partial charge in [-0.1, -0.05) is 11.8 Å². The molecular weight excluding hydrogens is 258 g/mol. The summed E-state index contributed by atoms with van der Waals surface area (Å²) in [7, 11) is -0.745. The molecule has 1 rings (SSSR count). The van der Waals surface area contributed by atoms with E-state index in [9.17, 15) is 4.21 Å². The number of hydrazine groups is 1. The van der Waals surface area contributed by atoms with Gasteiger partial charge in [-0.15, -0.1) is 0 Å². The Kier molecular flexibility index (Phi) is 6.23. The molecule has 0 aliphatic carbocycles. The van der Waals surface area contributed by atoms with E-state index >= 15 is 0 Å². The summed E-state index contributed by atoms with van der Waals surface area (Å²) in [6, 6.07) is 1.74. The standard InChI is InChI=1S/C9H17N5OS2/c1-16-9-12-7(6-8(13-9)14-10)11-4-3-5-17(2)15/h6H,3-5,10H2,1-2H3,(H2,11,12,13,14). The number of aromatic nitrogens is 2. The van der Waals surface area contributed by atoms with Crippen LogP contribution in [0, 0.1) is 0 Å². The lowest BCUT2D eigenvalue weighted by Crippen LogP contribution is -2.12. The molecule has 6 nitrogen and oxygen atoms in total. The Morgan fingerprint density at radius 2 is 2.18 bits per heavy atom. The zero-order valence-electron chi connectivity index (χ0n) is 9.90. The smallest absolute Gasteiger partial charge is 0.191 e. The van der Waals surface area contributed by atoms with Crippen LogP contribution in [0.15, 0.2) is 11.2 Å². The summed E-state index contributed by atoms with van der Waals surface area (Å²) in [6.45, 7) is 0.731. The number of thioether (sulfide) groups is 1. The Balaban J connectivity index is 2.54. The summed E-state index contributed by atoms with van der Waals surface area (Å²) >= 11 is 1.45. The van der Waals surface area contributed by atoms with Crippen molar-refractivity contribution >= 4 is 34.2 Å². The quantitative estimate of drug-likeness (QED) is 0.221. The molecule has 1 heterocycles. The number of rotatable bonds is 7. The fourth-order valence-corrected chi connectivity index (χ4v) is 2.10. The zero-order chi connectivity index (χ0) is 12.7. The number of hydrogen-bond donors (Lipinski definition) is 3. The molecule has 0 fully saturated rings. The lowest BCUT2D eigenvalue weighted by atomic mass is 10.4. The van der Waals surface area contributed by atoms with Crippen LogP contribution < -0.4 is 16.6 Å². The highest BCUT2D eigenvalue weighted by molar-refractivity contribution is 7.98. The van der Waals surface area contributed by atoms with Crippen LogP contribution in [0.1, 0.15) is 6.42 Å². The molecule has 4 N–H and O–H groups in total. The number of nitrogens with two attached hydrogens (primary N) is 1. The molecule has 0 amide bonds. The number of nitrogens with zero attached hydrogens (tertiary/aromatic N) is 2. The van der Waals surface area contributed by atoms with Gasteiger partial charge in [0.15, 0.2) is 5.16 Å². The molecule has 8 heteroatoms. The molecule has 0 saturated heterocycles. The van der Waals surface area contributed by atoms with Gasteiger partial charge in [0.05, 0.1) is 0 Å². The number of hydrogen-bond acceptors (Lipinski definition) is 7. The van der Waals surface area contributed by atoms with Crippen molar-refractivity contribution in [3.05, 3.63) is 6.07 Å². The van der Waals surface area contributed by atoms with E-state index in [2.05, 4.69) is 20.7 Å². The SMILES string of the molecule is CSc1nc(NN)cc(NCCCS(C)=O)n1. The average molecular weight is 275 g/mol. The first kappa shape index (κ1) is 14.2. The summed E-state index contributed by atoms with van der Waals surface area (Å²) in [4.78, 5) is 8.44. The molecule has 0 bridgehead atoms. The van der Waals surface area contributed by atoms with Crippen molar-refractivity contribution in [3.8, 4) is 0 Å². The number of anilines is 2. The van der Waals surface area contributed by atoms with Crippen molar-refractivity contribution in [3.63, 3.8) is 0 Å². The summed E-state index contributed by atoms with van der Waals surface area (Å²) < 4.78 is 10.9. The first-order chi connectivity index (χ1) is 8.15. The third-order valence-corrected chi connectivity index (χ3v) is 3.36. The molecule has 0 spiro atoms. The van der Waals surface area contributed by atoms with Gasteiger partial charge in [0, 0.05) is 35.4 Å². The highest BCUT2D eigenvalue weighted by Gasteiger charge is 2.02. The van der Waals surface area contributed by atoms with Gasteiger partial charge in [0.2, 0.25) is 0 Å². The molecule has 96 valence electrons. The molecule has 1 unspecified atom stereocenters. The molecule has 1 aromatic rings. The molecule has 0 saturated carbocycles. The maximum Gasteiger partial charge on any atom is 0.191 e. The van der Waals surface area contributed by atoms with Crippen LogP contribution in [0.2, 0.25) is 0 Å². The number of nitrogen functional groups attached to an aromatic ring is 1. The van der Waals surface area contributed by atoms with E-state index in [1.165, 1.54) is 11.8 Å².